The van der Waals surface area contributed by atoms with Crippen molar-refractivity contribution < 1.29 is 13.2 Å². The summed E-state index contributed by atoms with van der Waals surface area (Å²) in [4.78, 5) is 11.4. The third-order valence-electron chi connectivity index (χ3n) is 2.25. The quantitative estimate of drug-likeness (QED) is 0.738. The minimum absolute atomic E-state index is 0.0313. The lowest BCUT2D eigenvalue weighted by atomic mass is 10.4. The molecule has 0 saturated heterocycles. The average molecular weight is 249 g/mol. The van der Waals surface area contributed by atoms with Crippen LogP contribution in [0.25, 0.3) is 0 Å². The van der Waals surface area contributed by atoms with Gasteiger partial charge in [-0.3, -0.25) is 4.79 Å². The minimum Gasteiger partial charge on any atom is -0.351 e. The van der Waals surface area contributed by atoms with E-state index in [9.17, 15) is 13.2 Å². The van der Waals surface area contributed by atoms with Crippen molar-refractivity contribution in [2.45, 2.75) is 17.9 Å². The molecule has 1 N–H and O–H groups in total. The van der Waals surface area contributed by atoms with E-state index in [4.69, 9.17) is 10.7 Å². The monoisotopic (exact) mass is 248 g/mol. The summed E-state index contributed by atoms with van der Waals surface area (Å²) in [5.41, 5.74) is 0.340. The van der Waals surface area contributed by atoms with Gasteiger partial charge in [0.25, 0.3) is 15.0 Å². The van der Waals surface area contributed by atoms with E-state index in [2.05, 4.69) is 5.32 Å². The van der Waals surface area contributed by atoms with Gasteiger partial charge in [-0.05, 0) is 12.5 Å². The number of aryl methyl sites for hydroxylation is 1. The normalized spacial score (nSPS) is 16.7. The fraction of sp³-hybridized carbons (Fsp3) is 0.375. The summed E-state index contributed by atoms with van der Waals surface area (Å²) in [5, 5.41) is 2.67. The number of carbonyl (C=O) groups is 1. The molecule has 82 valence electrons. The van der Waals surface area contributed by atoms with Gasteiger partial charge >= 0.3 is 0 Å². The molecule has 1 amide bonds. The van der Waals surface area contributed by atoms with E-state index >= 15 is 0 Å². The first kappa shape index (κ1) is 10.5. The largest absolute Gasteiger partial charge is 0.351 e. The van der Waals surface area contributed by atoms with Crippen molar-refractivity contribution in [2.24, 2.45) is 0 Å². The topological polar surface area (TPSA) is 68.2 Å². The van der Waals surface area contributed by atoms with Crippen LogP contribution in [0.15, 0.2) is 17.2 Å². The summed E-state index contributed by atoms with van der Waals surface area (Å²) in [7, 11) is 1.43. The van der Waals surface area contributed by atoms with Gasteiger partial charge in [-0.1, -0.05) is 0 Å². The molecule has 15 heavy (non-hydrogen) atoms. The summed E-state index contributed by atoms with van der Waals surface area (Å²) in [6, 6.07) is 1.29. The van der Waals surface area contributed by atoms with Crippen molar-refractivity contribution in [3.63, 3.8) is 0 Å². The number of carbonyl (C=O) groups excluding carboxylic acids is 1. The standard InChI is InChI=1S/C8H9ClN2O3S/c9-15(13,14)6-4-7-8(12)10-2-1-3-11(7)5-6/h4-5H,1-3H2,(H,10,12). The van der Waals surface area contributed by atoms with Crippen molar-refractivity contribution in [1.29, 1.82) is 0 Å². The summed E-state index contributed by atoms with van der Waals surface area (Å²) in [5.74, 6) is -0.265. The van der Waals surface area contributed by atoms with Gasteiger partial charge in [0.15, 0.2) is 0 Å². The number of nitrogens with one attached hydrogen (secondary N) is 1. The average Bonchev–Trinajstić information content (AvgIpc) is 2.49. The van der Waals surface area contributed by atoms with Crippen LogP contribution in [-0.2, 0) is 15.6 Å². The van der Waals surface area contributed by atoms with Crippen LogP contribution in [0.4, 0.5) is 0 Å². The Morgan fingerprint density at radius 3 is 2.87 bits per heavy atom. The molecule has 0 atom stereocenters. The first-order chi connectivity index (χ1) is 6.98. The fourth-order valence-electron chi connectivity index (χ4n) is 1.53. The Labute approximate surface area is 91.4 Å². The lowest BCUT2D eigenvalue weighted by molar-refractivity contribution is 0.0951. The van der Waals surface area contributed by atoms with Gasteiger partial charge in [0, 0.05) is 30.0 Å². The third kappa shape index (κ3) is 2.00. The third-order valence-corrected chi connectivity index (χ3v) is 3.57. The van der Waals surface area contributed by atoms with Gasteiger partial charge in [-0.2, -0.15) is 0 Å². The molecule has 0 spiro atoms. The number of aromatic nitrogens is 1. The molecule has 0 bridgehead atoms. The van der Waals surface area contributed by atoms with Crippen LogP contribution >= 0.6 is 10.7 Å². The van der Waals surface area contributed by atoms with Crippen LogP contribution in [-0.4, -0.2) is 25.4 Å². The van der Waals surface area contributed by atoms with Crippen molar-refractivity contribution >= 4 is 25.6 Å². The first-order valence-corrected chi connectivity index (χ1v) is 6.72. The van der Waals surface area contributed by atoms with Gasteiger partial charge in [0.2, 0.25) is 0 Å². The molecule has 1 aliphatic heterocycles. The molecule has 5 nitrogen and oxygen atoms in total. The van der Waals surface area contributed by atoms with Crippen LogP contribution in [0.3, 0.4) is 0 Å². The van der Waals surface area contributed by atoms with E-state index in [1.54, 1.807) is 4.57 Å². The molecule has 0 radical (unpaired) electrons. The maximum absolute atomic E-state index is 11.5. The lowest BCUT2D eigenvalue weighted by Crippen LogP contribution is -2.22. The molecule has 1 aliphatic rings. The Bertz CT molecular complexity index is 506. The van der Waals surface area contributed by atoms with Crippen molar-refractivity contribution in [3.8, 4) is 0 Å². The highest BCUT2D eigenvalue weighted by molar-refractivity contribution is 8.13. The van der Waals surface area contributed by atoms with Crippen molar-refractivity contribution in [2.75, 3.05) is 6.54 Å². The number of amides is 1. The highest BCUT2D eigenvalue weighted by atomic mass is 35.7. The van der Waals surface area contributed by atoms with Gasteiger partial charge in [-0.15, -0.1) is 0 Å². The van der Waals surface area contributed by atoms with Gasteiger partial charge in [-0.25, -0.2) is 8.42 Å². The van der Waals surface area contributed by atoms with Crippen LogP contribution in [0.5, 0.6) is 0 Å². The Balaban J connectivity index is 2.52. The number of hydrogen-bond acceptors (Lipinski definition) is 3. The Kier molecular flexibility index (Phi) is 2.47. The van der Waals surface area contributed by atoms with E-state index < -0.39 is 9.05 Å². The molecular formula is C8H9ClN2O3S. The molecule has 2 heterocycles. The van der Waals surface area contributed by atoms with E-state index in [-0.39, 0.29) is 10.8 Å². The molecule has 1 aromatic heterocycles. The highest BCUT2D eigenvalue weighted by Crippen LogP contribution is 2.19. The summed E-state index contributed by atoms with van der Waals surface area (Å²) < 4.78 is 23.7. The van der Waals surface area contributed by atoms with E-state index in [1.807, 2.05) is 0 Å². The lowest BCUT2D eigenvalue weighted by Gasteiger charge is -1.99. The number of fused-ring (bicyclic) bond motifs is 1. The van der Waals surface area contributed by atoms with Crippen LogP contribution < -0.4 is 5.32 Å². The predicted molar refractivity (Wildman–Crippen MR) is 54.4 cm³/mol. The Hall–Kier alpha value is -1.01. The maximum atomic E-state index is 11.5. The summed E-state index contributed by atoms with van der Waals surface area (Å²) in [6.07, 6.45) is 2.16. The SMILES string of the molecule is O=C1NCCCn2cc(S(=O)(=O)Cl)cc21. The van der Waals surface area contributed by atoms with Gasteiger partial charge in [0.1, 0.15) is 10.6 Å². The molecule has 0 saturated carbocycles. The second-order valence-electron chi connectivity index (χ2n) is 3.30. The smallest absolute Gasteiger partial charge is 0.267 e. The molecule has 0 fully saturated rings. The Morgan fingerprint density at radius 2 is 2.20 bits per heavy atom. The summed E-state index contributed by atoms with van der Waals surface area (Å²) in [6.45, 7) is 1.21. The predicted octanol–water partition coefficient (Wildman–Crippen LogP) is 0.549. The maximum Gasteiger partial charge on any atom is 0.267 e. The van der Waals surface area contributed by atoms with Crippen LogP contribution in [0.2, 0.25) is 0 Å². The number of nitrogens with zero attached hydrogens (tertiary/aromatic N) is 1. The van der Waals surface area contributed by atoms with E-state index in [1.165, 1.54) is 12.3 Å². The second-order valence-corrected chi connectivity index (χ2v) is 5.87. The number of rotatable bonds is 1. The van der Waals surface area contributed by atoms with Gasteiger partial charge < -0.3 is 9.88 Å². The Morgan fingerprint density at radius 1 is 1.47 bits per heavy atom. The van der Waals surface area contributed by atoms with E-state index in [0.717, 1.165) is 6.42 Å². The van der Waals surface area contributed by atoms with Crippen molar-refractivity contribution in [1.82, 2.24) is 9.88 Å². The fourth-order valence-corrected chi connectivity index (χ4v) is 2.29. The van der Waals surface area contributed by atoms with Gasteiger partial charge in [0.05, 0.1) is 0 Å². The van der Waals surface area contributed by atoms with E-state index in [0.29, 0.717) is 18.8 Å². The molecule has 0 unspecified atom stereocenters. The molecule has 7 heteroatoms. The van der Waals surface area contributed by atoms with Crippen LogP contribution in [0, 0.1) is 0 Å². The van der Waals surface area contributed by atoms with Crippen LogP contribution in [0.1, 0.15) is 16.9 Å². The highest BCUT2D eigenvalue weighted by Gasteiger charge is 2.21. The molecule has 1 aromatic rings. The zero-order chi connectivity index (χ0) is 11.1. The molecular weight excluding hydrogens is 240 g/mol. The minimum atomic E-state index is -3.76. The number of hydrogen-bond donors (Lipinski definition) is 1. The molecule has 0 aliphatic carbocycles. The molecule has 0 aromatic carbocycles. The first-order valence-electron chi connectivity index (χ1n) is 4.41. The number of halogens is 1. The summed E-state index contributed by atoms with van der Waals surface area (Å²) >= 11 is 0. The zero-order valence-corrected chi connectivity index (χ0v) is 9.31. The second kappa shape index (κ2) is 3.53. The zero-order valence-electron chi connectivity index (χ0n) is 7.73. The molecule has 2 rings (SSSR count). The van der Waals surface area contributed by atoms with Crippen molar-refractivity contribution in [3.05, 3.63) is 18.0 Å².